The second-order valence-corrected chi connectivity index (χ2v) is 9.19. The largest absolute Gasteiger partial charge is 0.489 e. The van der Waals surface area contributed by atoms with Crippen LogP contribution >= 0.6 is 0 Å². The molecular weight excluding hydrogens is 511 g/mol. The Bertz CT molecular complexity index is 1420. The van der Waals surface area contributed by atoms with Crippen LogP contribution in [0.1, 0.15) is 35.7 Å². The molecule has 3 N–H and O–H groups in total. The number of halogens is 3. The van der Waals surface area contributed by atoms with E-state index in [4.69, 9.17) is 9.15 Å². The molecule has 0 spiro atoms. The first-order valence-electron chi connectivity index (χ1n) is 12.4. The van der Waals surface area contributed by atoms with Crippen LogP contribution in [0.25, 0.3) is 11.3 Å². The molecule has 0 aliphatic carbocycles. The Morgan fingerprint density at radius 2 is 1.97 bits per heavy atom. The average Bonchev–Trinajstić information content (AvgIpc) is 3.64. The van der Waals surface area contributed by atoms with Gasteiger partial charge >= 0.3 is 6.18 Å². The molecule has 2 unspecified atom stereocenters. The lowest BCUT2D eigenvalue weighted by molar-refractivity contribution is -0.137. The maximum Gasteiger partial charge on any atom is 0.416 e. The number of carbonyl (C=O) groups excluding carboxylic acids is 1. The van der Waals surface area contributed by atoms with Crippen LogP contribution in [-0.2, 0) is 6.18 Å². The molecule has 1 aliphatic rings. The number of ether oxygens (including phenoxy) is 1. The van der Waals surface area contributed by atoms with Gasteiger partial charge in [-0.15, -0.1) is 0 Å². The van der Waals surface area contributed by atoms with Gasteiger partial charge in [0.25, 0.3) is 5.91 Å². The Kier molecular flexibility index (Phi) is 7.51. The van der Waals surface area contributed by atoms with Crippen molar-refractivity contribution < 1.29 is 27.1 Å². The molecule has 1 fully saturated rings. The molecule has 1 amide bonds. The van der Waals surface area contributed by atoms with Gasteiger partial charge < -0.3 is 25.1 Å². The van der Waals surface area contributed by atoms with Crippen LogP contribution in [0.15, 0.2) is 77.8 Å². The molecule has 0 bridgehead atoms. The number of pyridine rings is 1. The summed E-state index contributed by atoms with van der Waals surface area (Å²) in [5.74, 6) is 0.252. The number of amides is 1. The summed E-state index contributed by atoms with van der Waals surface area (Å²) in [5.41, 5.74) is 0.661. The summed E-state index contributed by atoms with van der Waals surface area (Å²) in [6, 6.07) is 13.6. The number of alkyl halides is 3. The summed E-state index contributed by atoms with van der Waals surface area (Å²) < 4.78 is 52.1. The third kappa shape index (κ3) is 6.37. The third-order valence-electron chi connectivity index (χ3n) is 6.40. The van der Waals surface area contributed by atoms with E-state index in [1.54, 1.807) is 24.4 Å². The summed E-state index contributed by atoms with van der Waals surface area (Å²) in [4.78, 5) is 21.4. The van der Waals surface area contributed by atoms with Gasteiger partial charge in [0.2, 0.25) is 0 Å². The van der Waals surface area contributed by atoms with Gasteiger partial charge in [0, 0.05) is 35.2 Å². The van der Waals surface area contributed by atoms with E-state index in [-0.39, 0.29) is 35.0 Å². The SMILES string of the molecule is CC(Oc1cc(NC(=O)c2cccnc2Nc2ccc(-c3cnco3)cc2)cc(C(F)(F)F)c1)C1CCCN1. The minimum absolute atomic E-state index is 0.0257. The van der Waals surface area contributed by atoms with Gasteiger partial charge in [0.1, 0.15) is 17.7 Å². The summed E-state index contributed by atoms with van der Waals surface area (Å²) in [6.07, 6.45) is 1.35. The number of oxazole rings is 1. The van der Waals surface area contributed by atoms with Gasteiger partial charge in [-0.1, -0.05) is 0 Å². The molecule has 2 atom stereocenters. The van der Waals surface area contributed by atoms with Crippen LogP contribution < -0.4 is 20.7 Å². The number of nitrogens with zero attached hydrogens (tertiary/aromatic N) is 2. The lowest BCUT2D eigenvalue weighted by Crippen LogP contribution is -2.36. The Labute approximate surface area is 222 Å². The maximum absolute atomic E-state index is 13.7. The number of carbonyl (C=O) groups is 1. The van der Waals surface area contributed by atoms with Crippen molar-refractivity contribution >= 4 is 23.1 Å². The molecule has 0 saturated carbocycles. The van der Waals surface area contributed by atoms with Crippen molar-refractivity contribution in [3.05, 3.63) is 84.5 Å². The monoisotopic (exact) mass is 537 g/mol. The summed E-state index contributed by atoms with van der Waals surface area (Å²) >= 11 is 0. The van der Waals surface area contributed by atoms with Crippen LogP contribution in [0.5, 0.6) is 5.75 Å². The molecule has 4 aromatic rings. The van der Waals surface area contributed by atoms with Gasteiger partial charge in [-0.05, 0) is 74.8 Å². The molecule has 11 heteroatoms. The van der Waals surface area contributed by atoms with Crippen LogP contribution in [0, 0.1) is 0 Å². The van der Waals surface area contributed by atoms with E-state index in [0.29, 0.717) is 11.4 Å². The number of anilines is 3. The van der Waals surface area contributed by atoms with E-state index < -0.39 is 17.6 Å². The van der Waals surface area contributed by atoms with E-state index in [0.717, 1.165) is 37.1 Å². The van der Waals surface area contributed by atoms with Crippen molar-refractivity contribution in [3.63, 3.8) is 0 Å². The first-order valence-corrected chi connectivity index (χ1v) is 12.4. The standard InChI is InChI=1S/C28H26F3N5O3/c1-17(24-5-3-10-33-24)39-22-13-19(28(29,30)31)12-21(14-22)36-27(37)23-4-2-11-34-26(23)35-20-8-6-18(7-9-20)25-15-32-16-38-25/h2,4,6-9,11-17,24,33H,3,5,10H2,1H3,(H,34,35)(H,36,37). The molecule has 0 radical (unpaired) electrons. The lowest BCUT2D eigenvalue weighted by atomic mass is 10.1. The van der Waals surface area contributed by atoms with E-state index in [1.165, 1.54) is 24.7 Å². The zero-order valence-electron chi connectivity index (χ0n) is 21.0. The fraction of sp³-hybridized carbons (Fsp3) is 0.250. The third-order valence-corrected chi connectivity index (χ3v) is 6.40. The van der Waals surface area contributed by atoms with Crippen molar-refractivity contribution in [2.45, 2.75) is 38.1 Å². The Hall–Kier alpha value is -4.38. The van der Waals surface area contributed by atoms with Gasteiger partial charge in [-0.25, -0.2) is 9.97 Å². The Morgan fingerprint density at radius 3 is 2.67 bits per heavy atom. The van der Waals surface area contributed by atoms with Crippen molar-refractivity contribution in [3.8, 4) is 17.1 Å². The number of hydrogen-bond donors (Lipinski definition) is 3. The molecule has 202 valence electrons. The fourth-order valence-corrected chi connectivity index (χ4v) is 4.41. The van der Waals surface area contributed by atoms with E-state index in [2.05, 4.69) is 25.9 Å². The van der Waals surface area contributed by atoms with Gasteiger partial charge in [0.05, 0.1) is 17.3 Å². The smallest absolute Gasteiger partial charge is 0.416 e. The predicted octanol–water partition coefficient (Wildman–Crippen LogP) is 6.27. The highest BCUT2D eigenvalue weighted by Crippen LogP contribution is 2.35. The molecule has 39 heavy (non-hydrogen) atoms. The molecule has 1 saturated heterocycles. The fourth-order valence-electron chi connectivity index (χ4n) is 4.41. The number of nitrogens with one attached hydrogen (secondary N) is 3. The lowest BCUT2D eigenvalue weighted by Gasteiger charge is -2.22. The normalized spacial score (nSPS) is 16.1. The number of benzene rings is 2. The predicted molar refractivity (Wildman–Crippen MR) is 140 cm³/mol. The highest BCUT2D eigenvalue weighted by Gasteiger charge is 2.32. The van der Waals surface area contributed by atoms with Crippen molar-refractivity contribution in [1.29, 1.82) is 0 Å². The number of rotatable bonds is 8. The van der Waals surface area contributed by atoms with Gasteiger partial charge in [-0.3, -0.25) is 4.79 Å². The summed E-state index contributed by atoms with van der Waals surface area (Å²) in [5, 5.41) is 8.95. The molecular formula is C28H26F3N5O3. The van der Waals surface area contributed by atoms with Crippen LogP contribution in [0.4, 0.5) is 30.4 Å². The van der Waals surface area contributed by atoms with Crippen LogP contribution in [0.2, 0.25) is 0 Å². The van der Waals surface area contributed by atoms with Crippen LogP contribution in [0.3, 0.4) is 0 Å². The molecule has 8 nitrogen and oxygen atoms in total. The Balaban J connectivity index is 1.35. The van der Waals surface area contributed by atoms with Crippen molar-refractivity contribution in [2.75, 3.05) is 17.2 Å². The molecule has 3 heterocycles. The van der Waals surface area contributed by atoms with E-state index in [1.807, 2.05) is 19.1 Å². The summed E-state index contributed by atoms with van der Waals surface area (Å²) in [7, 11) is 0. The Morgan fingerprint density at radius 1 is 1.15 bits per heavy atom. The topological polar surface area (TPSA) is 101 Å². The zero-order valence-corrected chi connectivity index (χ0v) is 21.0. The summed E-state index contributed by atoms with van der Waals surface area (Å²) in [6.45, 7) is 2.66. The quantitative estimate of drug-likeness (QED) is 0.244. The van der Waals surface area contributed by atoms with E-state index >= 15 is 0 Å². The first-order chi connectivity index (χ1) is 18.8. The van der Waals surface area contributed by atoms with E-state index in [9.17, 15) is 18.0 Å². The highest BCUT2D eigenvalue weighted by atomic mass is 19.4. The van der Waals surface area contributed by atoms with Gasteiger partial charge in [0.15, 0.2) is 12.2 Å². The highest BCUT2D eigenvalue weighted by molar-refractivity contribution is 6.08. The van der Waals surface area contributed by atoms with Crippen molar-refractivity contribution in [2.24, 2.45) is 0 Å². The minimum atomic E-state index is -4.62. The van der Waals surface area contributed by atoms with Gasteiger partial charge in [-0.2, -0.15) is 13.2 Å². The molecule has 2 aromatic carbocycles. The second kappa shape index (κ2) is 11.2. The average molecular weight is 538 g/mol. The number of hydrogen-bond acceptors (Lipinski definition) is 7. The molecule has 5 rings (SSSR count). The maximum atomic E-state index is 13.7. The second-order valence-electron chi connectivity index (χ2n) is 9.19. The van der Waals surface area contributed by atoms with Crippen molar-refractivity contribution in [1.82, 2.24) is 15.3 Å². The molecule has 2 aromatic heterocycles. The van der Waals surface area contributed by atoms with Crippen LogP contribution in [-0.4, -0.2) is 34.6 Å². The first kappa shape index (κ1) is 26.2. The minimum Gasteiger partial charge on any atom is -0.489 e. The molecule has 1 aliphatic heterocycles. The number of aromatic nitrogens is 2. The zero-order chi connectivity index (χ0) is 27.4.